The van der Waals surface area contributed by atoms with Gasteiger partial charge in [-0.25, -0.2) is 4.79 Å². The first-order chi connectivity index (χ1) is 20.3. The number of likely N-dealkylation sites (tertiary alicyclic amines) is 1. The molecule has 0 atom stereocenters. The number of methoxy groups -OCH3 is 1. The van der Waals surface area contributed by atoms with E-state index in [4.69, 9.17) is 10.5 Å². The maximum Gasteiger partial charge on any atom is 0.322 e. The molecule has 2 heterocycles. The molecule has 2 aliphatic heterocycles. The molecule has 226 valence electrons. The van der Waals surface area contributed by atoms with Gasteiger partial charge in [-0.3, -0.25) is 9.69 Å². The lowest BCUT2D eigenvalue weighted by Gasteiger charge is -2.38. The summed E-state index contributed by atoms with van der Waals surface area (Å²) in [7, 11) is 5.83. The molecular weight excluding hydrogens is 527 g/mol. The quantitative estimate of drug-likeness (QED) is 0.315. The molecule has 0 bridgehead atoms. The van der Waals surface area contributed by atoms with Crippen LogP contribution in [0.4, 0.5) is 16.2 Å². The molecule has 10 heteroatoms. The zero-order valence-corrected chi connectivity index (χ0v) is 25.6. The van der Waals surface area contributed by atoms with Gasteiger partial charge in [-0.2, -0.15) is 0 Å². The van der Waals surface area contributed by atoms with E-state index >= 15 is 0 Å². The van der Waals surface area contributed by atoms with Gasteiger partial charge in [0.25, 0.3) is 5.91 Å². The van der Waals surface area contributed by atoms with Crippen LogP contribution in [0.15, 0.2) is 30.3 Å². The van der Waals surface area contributed by atoms with Crippen molar-refractivity contribution >= 4 is 36.6 Å². The van der Waals surface area contributed by atoms with Crippen LogP contribution < -0.4 is 26.6 Å². The molecule has 0 spiro atoms. The topological polar surface area (TPSA) is 103 Å². The summed E-state index contributed by atoms with van der Waals surface area (Å²) in [6.45, 7) is 4.66. The van der Waals surface area contributed by atoms with E-state index in [0.717, 1.165) is 79.2 Å². The zero-order valence-electron chi connectivity index (χ0n) is 25.6. The number of rotatable bonds is 9. The summed E-state index contributed by atoms with van der Waals surface area (Å²) in [5.74, 6) is 0.762. The highest BCUT2D eigenvalue weighted by Crippen LogP contribution is 2.28. The fourth-order valence-corrected chi connectivity index (χ4v) is 6.84. The molecule has 5 rings (SSSR count). The van der Waals surface area contributed by atoms with Crippen LogP contribution in [0.2, 0.25) is 0 Å². The van der Waals surface area contributed by atoms with E-state index < -0.39 is 0 Å². The van der Waals surface area contributed by atoms with Crippen LogP contribution in [0.1, 0.15) is 66.4 Å². The number of nitrogens with zero attached hydrogens (tertiary/aromatic N) is 3. The number of anilines is 2. The van der Waals surface area contributed by atoms with Crippen LogP contribution in [0.3, 0.4) is 0 Å². The number of hydrogen-bond donors (Lipinski definition) is 3. The van der Waals surface area contributed by atoms with Gasteiger partial charge in [-0.05, 0) is 74.5 Å². The first-order valence-corrected chi connectivity index (χ1v) is 15.7. The van der Waals surface area contributed by atoms with E-state index in [9.17, 15) is 9.59 Å². The van der Waals surface area contributed by atoms with Gasteiger partial charge in [0.05, 0.1) is 7.11 Å². The Labute approximate surface area is 251 Å². The predicted octanol–water partition coefficient (Wildman–Crippen LogP) is 2.58. The van der Waals surface area contributed by atoms with Crippen molar-refractivity contribution in [2.75, 3.05) is 57.9 Å². The van der Waals surface area contributed by atoms with Gasteiger partial charge in [0, 0.05) is 68.3 Å². The molecule has 0 aromatic heterocycles. The summed E-state index contributed by atoms with van der Waals surface area (Å²) in [6, 6.07) is 10.5. The molecule has 1 saturated carbocycles. The van der Waals surface area contributed by atoms with Gasteiger partial charge in [0.2, 0.25) is 0 Å². The summed E-state index contributed by atoms with van der Waals surface area (Å²) in [5.41, 5.74) is 11.9. The molecule has 2 fully saturated rings. The molecule has 1 saturated heterocycles. The number of ether oxygens (including phenoxy) is 1. The standard InChI is InChI=1S/C32H47BN6O3/c1-37(25-6-4-3-5-7-25)21-24-18-23(20-28(33)30(24)34)31(40)35-13-17-38-14-11-26(12-15-38)39-16-10-22-19-27(42-2)8-9-29(22)36-32(39)41/h8-9,18-20,25-26H,3-7,10-17,21,33-34H2,1-2H3,(H,35,40)(H,36,41). The summed E-state index contributed by atoms with van der Waals surface area (Å²) in [6.07, 6.45) is 9.06. The largest absolute Gasteiger partial charge is 0.497 e. The second-order valence-electron chi connectivity index (χ2n) is 12.3. The van der Waals surface area contributed by atoms with Crippen molar-refractivity contribution < 1.29 is 14.3 Å². The summed E-state index contributed by atoms with van der Waals surface area (Å²) in [4.78, 5) is 32.9. The lowest BCUT2D eigenvalue weighted by atomic mass is 9.88. The fraction of sp³-hybridized carbons (Fsp3) is 0.562. The zero-order chi connectivity index (χ0) is 29.6. The number of nitrogens with two attached hydrogens (primary N) is 1. The summed E-state index contributed by atoms with van der Waals surface area (Å²) in [5, 5.41) is 6.22. The van der Waals surface area contributed by atoms with Crippen molar-refractivity contribution in [3.8, 4) is 5.75 Å². The average molecular weight is 575 g/mol. The van der Waals surface area contributed by atoms with E-state index in [1.807, 2.05) is 43.1 Å². The Balaban J connectivity index is 1.08. The molecular formula is C32H47BN6O3. The van der Waals surface area contributed by atoms with Gasteiger partial charge in [-0.1, -0.05) is 30.8 Å². The third-order valence-corrected chi connectivity index (χ3v) is 9.50. The first kappa shape index (κ1) is 30.2. The highest BCUT2D eigenvalue weighted by atomic mass is 16.5. The number of amides is 3. The molecule has 42 heavy (non-hydrogen) atoms. The number of nitrogens with one attached hydrogen (secondary N) is 2. The van der Waals surface area contributed by atoms with Crippen molar-refractivity contribution in [2.24, 2.45) is 0 Å². The highest BCUT2D eigenvalue weighted by Gasteiger charge is 2.30. The maximum absolute atomic E-state index is 13.1. The van der Waals surface area contributed by atoms with E-state index in [-0.39, 0.29) is 18.0 Å². The number of hydrogen-bond acceptors (Lipinski definition) is 6. The predicted molar refractivity (Wildman–Crippen MR) is 172 cm³/mol. The van der Waals surface area contributed by atoms with Crippen molar-refractivity contribution in [1.82, 2.24) is 20.0 Å². The molecule has 1 aliphatic carbocycles. The number of nitrogen functional groups attached to an aromatic ring is 1. The molecule has 3 amide bonds. The monoisotopic (exact) mass is 574 g/mol. The Morgan fingerprint density at radius 2 is 1.88 bits per heavy atom. The minimum Gasteiger partial charge on any atom is -0.497 e. The molecule has 4 N–H and O–H groups in total. The number of piperidine rings is 1. The van der Waals surface area contributed by atoms with Gasteiger partial charge in [0.15, 0.2) is 0 Å². The average Bonchev–Trinajstić information content (AvgIpc) is 3.17. The fourth-order valence-electron chi connectivity index (χ4n) is 6.84. The normalized spacial score (nSPS) is 18.8. The molecule has 0 unspecified atom stereocenters. The van der Waals surface area contributed by atoms with Crippen molar-refractivity contribution in [3.05, 3.63) is 47.0 Å². The Bertz CT molecular complexity index is 1260. The van der Waals surface area contributed by atoms with Crippen LogP contribution in [0, 0.1) is 0 Å². The third kappa shape index (κ3) is 7.21. The number of carbonyl (C=O) groups excluding carboxylic acids is 2. The lowest BCUT2D eigenvalue weighted by Crippen LogP contribution is -2.49. The molecule has 2 aromatic carbocycles. The highest BCUT2D eigenvalue weighted by molar-refractivity contribution is 6.36. The van der Waals surface area contributed by atoms with Crippen LogP contribution in [-0.2, 0) is 13.0 Å². The van der Waals surface area contributed by atoms with E-state index in [0.29, 0.717) is 24.7 Å². The van der Waals surface area contributed by atoms with Crippen LogP contribution in [-0.4, -0.2) is 93.4 Å². The van der Waals surface area contributed by atoms with Gasteiger partial charge < -0.3 is 30.9 Å². The Morgan fingerprint density at radius 1 is 1.12 bits per heavy atom. The number of fused-ring (bicyclic) bond motifs is 1. The van der Waals surface area contributed by atoms with Crippen LogP contribution >= 0.6 is 0 Å². The smallest absolute Gasteiger partial charge is 0.322 e. The SMILES string of the molecule is Bc1cc(C(=O)NCCN2CCC(N3CCc4cc(OC)ccc4NC3=O)CC2)cc(CN(C)C2CCCCC2)c1N. The molecule has 9 nitrogen and oxygen atoms in total. The molecule has 0 radical (unpaired) electrons. The van der Waals surface area contributed by atoms with Crippen LogP contribution in [0.5, 0.6) is 5.75 Å². The maximum atomic E-state index is 13.1. The van der Waals surface area contributed by atoms with E-state index in [1.54, 1.807) is 7.11 Å². The number of urea groups is 1. The molecule has 2 aromatic rings. The number of benzene rings is 2. The Morgan fingerprint density at radius 3 is 2.62 bits per heavy atom. The summed E-state index contributed by atoms with van der Waals surface area (Å²) >= 11 is 0. The second kappa shape index (κ2) is 13.8. The van der Waals surface area contributed by atoms with E-state index in [2.05, 4.69) is 27.5 Å². The van der Waals surface area contributed by atoms with Gasteiger partial charge in [-0.15, -0.1) is 0 Å². The first-order valence-electron chi connectivity index (χ1n) is 15.7. The second-order valence-corrected chi connectivity index (χ2v) is 12.3. The van der Waals surface area contributed by atoms with Gasteiger partial charge >= 0.3 is 6.03 Å². The minimum absolute atomic E-state index is 0.0206. The minimum atomic E-state index is -0.0491. The van der Waals surface area contributed by atoms with E-state index in [1.165, 1.54) is 32.1 Å². The van der Waals surface area contributed by atoms with Crippen molar-refractivity contribution in [1.29, 1.82) is 0 Å². The molecule has 3 aliphatic rings. The lowest BCUT2D eigenvalue weighted by molar-refractivity contribution is 0.0937. The van der Waals surface area contributed by atoms with Crippen molar-refractivity contribution in [3.63, 3.8) is 0 Å². The Hall–Kier alpha value is -3.24. The summed E-state index contributed by atoms with van der Waals surface area (Å²) < 4.78 is 5.36. The number of carbonyl (C=O) groups is 2. The van der Waals surface area contributed by atoms with Crippen molar-refractivity contribution in [2.45, 2.75) is 70.0 Å². The van der Waals surface area contributed by atoms with Crippen LogP contribution in [0.25, 0.3) is 0 Å². The Kier molecular flexibility index (Phi) is 9.95. The van der Waals surface area contributed by atoms with Gasteiger partial charge in [0.1, 0.15) is 13.6 Å². The third-order valence-electron chi connectivity index (χ3n) is 9.50.